The van der Waals surface area contributed by atoms with E-state index in [4.69, 9.17) is 0 Å². The van der Waals surface area contributed by atoms with E-state index in [9.17, 15) is 0 Å². The van der Waals surface area contributed by atoms with Gasteiger partial charge in [0.05, 0.1) is 5.54 Å². The summed E-state index contributed by atoms with van der Waals surface area (Å²) in [5.41, 5.74) is 36.7. The number of hydrogen-bond donors (Lipinski definition) is 0. The molecule has 8 aromatic rings. The summed E-state index contributed by atoms with van der Waals surface area (Å²) in [5.74, 6) is 0. The van der Waals surface area contributed by atoms with Gasteiger partial charge in [-0.05, 0) is 221 Å². The minimum absolute atomic E-state index is 0.0125. The highest BCUT2D eigenvalue weighted by Gasteiger charge is 2.59. The van der Waals surface area contributed by atoms with Gasteiger partial charge in [0.25, 0.3) is 6.71 Å². The van der Waals surface area contributed by atoms with Crippen molar-refractivity contribution >= 4 is 68.6 Å². The van der Waals surface area contributed by atoms with E-state index in [1.54, 1.807) is 0 Å². The minimum Gasteiger partial charge on any atom is -0.334 e. The summed E-state index contributed by atoms with van der Waals surface area (Å²) in [7, 11) is 0. The first-order valence-corrected chi connectivity index (χ1v) is 35.4. The van der Waals surface area contributed by atoms with E-state index in [2.05, 4.69) is 301 Å². The molecule has 1 saturated carbocycles. The van der Waals surface area contributed by atoms with Gasteiger partial charge in [-0.1, -0.05) is 236 Å². The van der Waals surface area contributed by atoms with E-state index in [-0.39, 0.29) is 66.4 Å². The van der Waals surface area contributed by atoms with Crippen LogP contribution in [-0.4, -0.2) is 12.3 Å². The second kappa shape index (κ2) is 18.2. The lowest BCUT2D eigenvalue weighted by molar-refractivity contribution is 0.195. The third kappa shape index (κ3) is 7.59. The van der Waals surface area contributed by atoms with Crippen LogP contribution in [0, 0.1) is 13.8 Å². The molecule has 4 heteroatoms. The largest absolute Gasteiger partial charge is 0.334 e. The average Bonchev–Trinajstić information content (AvgIpc) is 0.973. The van der Waals surface area contributed by atoms with Crippen molar-refractivity contribution in [1.82, 2.24) is 0 Å². The first-order valence-electron chi connectivity index (χ1n) is 35.4. The van der Waals surface area contributed by atoms with Crippen LogP contribution in [0.4, 0.5) is 45.5 Å². The molecule has 0 saturated heterocycles. The number of rotatable bonds is 3. The van der Waals surface area contributed by atoms with Gasteiger partial charge in [0.15, 0.2) is 0 Å². The molecule has 3 nitrogen and oxygen atoms in total. The lowest BCUT2D eigenvalue weighted by atomic mass is 9.33. The number of fused-ring (bicyclic) bond motifs is 13. The van der Waals surface area contributed by atoms with Gasteiger partial charge < -0.3 is 14.7 Å². The van der Waals surface area contributed by atoms with Crippen molar-refractivity contribution < 1.29 is 0 Å². The van der Waals surface area contributed by atoms with Crippen molar-refractivity contribution in [2.45, 2.75) is 257 Å². The molecule has 0 radical (unpaired) electrons. The quantitative estimate of drug-likeness (QED) is 0.163. The number of hydrogen-bond acceptors (Lipinski definition) is 3. The maximum atomic E-state index is 2.91. The number of nitrogens with zero attached hydrogens (tertiary/aromatic N) is 3. The van der Waals surface area contributed by atoms with Gasteiger partial charge in [-0.15, -0.1) is 0 Å². The van der Waals surface area contributed by atoms with Gasteiger partial charge in [0.2, 0.25) is 0 Å². The number of aryl methyl sites for hydroxylation is 2. The Bertz CT molecular complexity index is 4370. The van der Waals surface area contributed by atoms with Crippen molar-refractivity contribution in [2.75, 3.05) is 14.7 Å². The predicted octanol–water partition coefficient (Wildman–Crippen LogP) is 21.3. The van der Waals surface area contributed by atoms with Gasteiger partial charge in [-0.3, -0.25) is 0 Å². The van der Waals surface area contributed by atoms with E-state index in [1.807, 2.05) is 0 Å². The molecule has 16 rings (SSSR count). The van der Waals surface area contributed by atoms with Crippen LogP contribution in [0.25, 0.3) is 0 Å². The fourth-order valence-electron chi connectivity index (χ4n) is 21.8. The molecule has 8 aromatic carbocycles. The maximum absolute atomic E-state index is 2.91. The average molecular weight is 1210 g/mol. The predicted molar refractivity (Wildman–Crippen MR) is 394 cm³/mol. The van der Waals surface area contributed by atoms with Crippen molar-refractivity contribution in [2.24, 2.45) is 0 Å². The highest BCUT2D eigenvalue weighted by atomic mass is 15.3. The molecule has 5 aliphatic carbocycles. The fraction of sp³-hybridized carbons (Fsp3) is 0.455. The number of anilines is 8. The van der Waals surface area contributed by atoms with E-state index < -0.39 is 0 Å². The van der Waals surface area contributed by atoms with Crippen molar-refractivity contribution in [1.29, 1.82) is 0 Å². The van der Waals surface area contributed by atoms with Crippen molar-refractivity contribution in [3.8, 4) is 0 Å². The van der Waals surface area contributed by atoms with Crippen LogP contribution in [0.5, 0.6) is 0 Å². The summed E-state index contributed by atoms with van der Waals surface area (Å²) in [6.07, 6.45) is 6.95. The van der Waals surface area contributed by atoms with E-state index >= 15 is 0 Å². The first-order chi connectivity index (χ1) is 42.8. The van der Waals surface area contributed by atoms with Crippen LogP contribution < -0.4 is 31.1 Å². The van der Waals surface area contributed by atoms with Crippen LogP contribution in [0.2, 0.25) is 0 Å². The molecule has 1 fully saturated rings. The Labute approximate surface area is 553 Å². The lowest BCUT2D eigenvalue weighted by Crippen LogP contribution is -2.62. The van der Waals surface area contributed by atoms with E-state index in [1.165, 1.54) is 170 Å². The second-order valence-electron chi connectivity index (χ2n) is 36.9. The Morgan fingerprint density at radius 1 is 0.348 bits per heavy atom. The zero-order chi connectivity index (χ0) is 65.5. The molecule has 0 aromatic heterocycles. The Balaban J connectivity index is 1.08. The van der Waals surface area contributed by atoms with Crippen molar-refractivity contribution in [3.63, 3.8) is 0 Å². The smallest absolute Gasteiger partial charge is 0.252 e. The van der Waals surface area contributed by atoms with Gasteiger partial charge in [0.1, 0.15) is 0 Å². The molecule has 472 valence electrons. The molecule has 0 amide bonds. The topological polar surface area (TPSA) is 9.72 Å². The summed E-state index contributed by atoms with van der Waals surface area (Å²) in [5, 5.41) is 0. The van der Waals surface area contributed by atoms with Crippen LogP contribution >= 0.6 is 0 Å². The molecule has 0 spiro atoms. The molecule has 92 heavy (non-hydrogen) atoms. The second-order valence-corrected chi connectivity index (χ2v) is 36.9. The SMILES string of the molecule is Cc1cc2c(cc1N1c3cc4c(cc3B3c5cc6c(cc5N(c5cc7c(cc5C)C(C)(C)c5ccccc5C7(C)C)c5cc(N7c8ccc(C(C)(C)C)cc8C8(C)CCCCC78C)cc1c53)C(C)(C)CC6(C)C)C(C)(C)CC4(C)C)C(C)(C)c1ccccc1C2(C)C. The first kappa shape index (κ1) is 60.2. The summed E-state index contributed by atoms with van der Waals surface area (Å²) in [6, 6.07) is 53.4. The fourth-order valence-corrected chi connectivity index (χ4v) is 21.8. The molecular weight excluding hydrogens is 1110 g/mol. The zero-order valence-corrected chi connectivity index (χ0v) is 60.3. The van der Waals surface area contributed by atoms with Gasteiger partial charge in [-0.2, -0.15) is 0 Å². The normalized spacial score (nSPS) is 24.0. The standard InChI is InChI=1S/C88H102BN3/c1-51-38-63-65(85(18,19)57-32-26-24-30-55(57)83(63,14)15)47-71(51)90-73-45-61-59(79(6,7)49-81(61,10)11)43-68(73)89-69-44-60-62(82(12,13)50-80(60,8)9)46-74(69)91(72-48-66-64(39-52(72)2)84(16,17)56-31-25-27-33-58(56)86(66,20)21)76-42-54(41-75(90)77(76)89)92-70-35-34-53(78(3,4)5)40-67(70)87(22)36-28-29-37-88(87,92)23/h24-27,30-35,38-48H,28-29,36-37,49-50H2,1-23H3. The van der Waals surface area contributed by atoms with Gasteiger partial charge >= 0.3 is 0 Å². The Kier molecular flexibility index (Phi) is 11.9. The summed E-state index contributed by atoms with van der Waals surface area (Å²) >= 11 is 0. The van der Waals surface area contributed by atoms with Gasteiger partial charge in [-0.25, -0.2) is 0 Å². The Morgan fingerprint density at radius 3 is 1.12 bits per heavy atom. The molecule has 3 aliphatic heterocycles. The molecule has 0 N–H and O–H groups in total. The van der Waals surface area contributed by atoms with Crippen molar-refractivity contribution in [3.05, 3.63) is 216 Å². The van der Waals surface area contributed by atoms with Gasteiger partial charge in [0, 0.05) is 72.6 Å². The highest BCUT2D eigenvalue weighted by Crippen LogP contribution is 2.64. The molecule has 0 bridgehead atoms. The highest BCUT2D eigenvalue weighted by molar-refractivity contribution is 7.00. The maximum Gasteiger partial charge on any atom is 0.252 e. The van der Waals surface area contributed by atoms with Crippen LogP contribution in [0.3, 0.4) is 0 Å². The molecule has 3 heterocycles. The lowest BCUT2D eigenvalue weighted by Gasteiger charge is -2.51. The molecule has 2 unspecified atom stereocenters. The van der Waals surface area contributed by atoms with Crippen LogP contribution in [0.1, 0.15) is 273 Å². The molecule has 2 atom stereocenters. The summed E-state index contributed by atoms with van der Waals surface area (Å²) in [6.45, 7) is 57.4. The number of benzene rings is 8. The monoisotopic (exact) mass is 1210 g/mol. The Morgan fingerprint density at radius 2 is 0.717 bits per heavy atom. The van der Waals surface area contributed by atoms with Crippen LogP contribution in [-0.2, 0) is 54.1 Å². The molecular formula is C88H102BN3. The van der Waals surface area contributed by atoms with E-state index in [0.717, 1.165) is 19.3 Å². The Hall–Kier alpha value is -6.78. The zero-order valence-electron chi connectivity index (χ0n) is 60.3. The third-order valence-electron chi connectivity index (χ3n) is 26.6. The minimum atomic E-state index is -0.245. The molecule has 8 aliphatic rings. The van der Waals surface area contributed by atoms with Crippen LogP contribution in [0.15, 0.2) is 127 Å². The summed E-state index contributed by atoms with van der Waals surface area (Å²) in [4.78, 5) is 8.61. The van der Waals surface area contributed by atoms with E-state index in [0.29, 0.717) is 0 Å². The summed E-state index contributed by atoms with van der Waals surface area (Å²) < 4.78 is 0. The third-order valence-corrected chi connectivity index (χ3v) is 26.6.